The number of nitrogens with one attached hydrogen (secondary N) is 1. The molecule has 0 amide bonds. The van der Waals surface area contributed by atoms with Crippen LogP contribution in [0.25, 0.3) is 0 Å². The van der Waals surface area contributed by atoms with Gasteiger partial charge in [0.1, 0.15) is 5.82 Å². The molecule has 5 heteroatoms. The molecule has 1 saturated heterocycles. The van der Waals surface area contributed by atoms with E-state index in [1.54, 1.807) is 12.4 Å². The quantitative estimate of drug-likeness (QED) is 0.864. The molecule has 2 heterocycles. The van der Waals surface area contributed by atoms with Crippen molar-refractivity contribution in [1.82, 2.24) is 15.3 Å². The van der Waals surface area contributed by atoms with Gasteiger partial charge < -0.3 is 5.32 Å². The summed E-state index contributed by atoms with van der Waals surface area (Å²) in [5, 5.41) is 3.91. The van der Waals surface area contributed by atoms with Crippen LogP contribution in [0.3, 0.4) is 0 Å². The molecule has 1 aliphatic carbocycles. The minimum Gasteiger partial charge on any atom is -0.306 e. The molecule has 0 bridgehead atoms. The van der Waals surface area contributed by atoms with E-state index in [2.05, 4.69) is 15.3 Å². The van der Waals surface area contributed by atoms with Gasteiger partial charge in [0.2, 0.25) is 0 Å². The summed E-state index contributed by atoms with van der Waals surface area (Å²) in [6.45, 7) is 0.999. The van der Waals surface area contributed by atoms with Crippen LogP contribution in [0.15, 0.2) is 12.4 Å². The van der Waals surface area contributed by atoms with E-state index in [0.29, 0.717) is 5.02 Å². The maximum absolute atomic E-state index is 7.60. The van der Waals surface area contributed by atoms with Crippen molar-refractivity contribution in [2.24, 2.45) is 5.41 Å². The van der Waals surface area contributed by atoms with E-state index in [1.165, 1.54) is 0 Å². The van der Waals surface area contributed by atoms with Crippen LogP contribution in [-0.2, 0) is 0 Å². The largest absolute Gasteiger partial charge is 0.306 e. The first-order valence-corrected chi connectivity index (χ1v) is 5.20. The van der Waals surface area contributed by atoms with Crippen molar-refractivity contribution >= 4 is 28.6 Å². The van der Waals surface area contributed by atoms with E-state index in [-0.39, 0.29) is 34.8 Å². The van der Waals surface area contributed by atoms with Gasteiger partial charge in [-0.05, 0) is 12.8 Å². The van der Waals surface area contributed by atoms with Crippen molar-refractivity contribution in [3.63, 3.8) is 0 Å². The van der Waals surface area contributed by atoms with Crippen LogP contribution >= 0.6 is 28.6 Å². The molecule has 0 aromatic carbocycles. The van der Waals surface area contributed by atoms with Crippen molar-refractivity contribution < 1.29 is 1.37 Å². The summed E-state index contributed by atoms with van der Waals surface area (Å²) < 4.78 is 7.60. The van der Waals surface area contributed by atoms with Crippen molar-refractivity contribution in [3.8, 4) is 0 Å². The molecule has 0 radical (unpaired) electrons. The van der Waals surface area contributed by atoms with Crippen LogP contribution in [-0.4, -0.2) is 16.5 Å². The van der Waals surface area contributed by atoms with Gasteiger partial charge in [-0.1, -0.05) is 18.0 Å². The highest BCUT2D eigenvalue weighted by Crippen LogP contribution is 2.54. The topological polar surface area (TPSA) is 37.8 Å². The first kappa shape index (κ1) is 10.00. The second-order valence-electron chi connectivity index (χ2n) is 4.13. The van der Waals surface area contributed by atoms with Gasteiger partial charge in [0.05, 0.1) is 11.1 Å². The highest BCUT2D eigenvalue weighted by atomic mass is 79.9. The zero-order valence-corrected chi connectivity index (χ0v) is 10.6. The smallest absolute Gasteiger partial charge is 0.145 e. The van der Waals surface area contributed by atoms with E-state index in [4.69, 9.17) is 13.0 Å². The van der Waals surface area contributed by atoms with Crippen molar-refractivity contribution in [2.75, 3.05) is 6.54 Å². The molecule has 1 unspecified atom stereocenters. The predicted octanol–water partition coefficient (Wildman–Crippen LogP) is 2.52. The zero-order chi connectivity index (χ0) is 10.5. The average molecular weight is 292 g/mol. The second-order valence-corrected chi connectivity index (χ2v) is 4.57. The van der Waals surface area contributed by atoms with E-state index >= 15 is 0 Å². The summed E-state index contributed by atoms with van der Waals surface area (Å²) >= 11 is 5.74. The zero-order valence-electron chi connectivity index (χ0n) is 9.11. The number of nitrogens with zero attached hydrogens (tertiary/aromatic N) is 2. The van der Waals surface area contributed by atoms with Gasteiger partial charge in [-0.2, -0.15) is 0 Å². The summed E-state index contributed by atoms with van der Waals surface area (Å²) in [4.78, 5) is 8.47. The van der Waals surface area contributed by atoms with Crippen molar-refractivity contribution in [1.29, 1.82) is 0 Å². The third-order valence-electron chi connectivity index (χ3n) is 3.27. The minimum absolute atomic E-state index is 0. The number of hydrogen-bond donors (Lipinski definition) is 1. The molecule has 1 saturated carbocycles. The minimum atomic E-state index is 0. The first-order valence-electron chi connectivity index (χ1n) is 5.40. The van der Waals surface area contributed by atoms with Gasteiger partial charge in [0.25, 0.3) is 0 Å². The number of rotatable bonds is 1. The Bertz CT molecular complexity index is 380. The molecular formula is C10H13BrClN3. The normalized spacial score (nSPS) is 38.6. The standard InChI is InChI=1S/C10H12ClN3.BrH/c11-7-4-12-9(13-5-7)8-10(6-14-8)2-1-3-10;/h4-5,8,14H,1-3,6H2;1H/i1D;. The molecule has 1 N–H and O–H groups in total. The molecule has 1 aromatic heterocycles. The lowest BCUT2D eigenvalue weighted by Crippen LogP contribution is -2.60. The highest BCUT2D eigenvalue weighted by Gasteiger charge is 2.52. The summed E-state index contributed by atoms with van der Waals surface area (Å²) in [5.74, 6) is 0.817. The molecule has 82 valence electrons. The van der Waals surface area contributed by atoms with Crippen LogP contribution in [0, 0.1) is 5.41 Å². The average Bonchev–Trinajstić information content (AvgIpc) is 2.14. The van der Waals surface area contributed by atoms with E-state index in [9.17, 15) is 0 Å². The fraction of sp³-hybridized carbons (Fsp3) is 0.600. The summed E-state index contributed by atoms with van der Waals surface area (Å²) in [6, 6.07) is 0.233. The number of halogens is 2. The maximum Gasteiger partial charge on any atom is 0.145 e. The van der Waals surface area contributed by atoms with Crippen molar-refractivity contribution in [2.45, 2.75) is 25.3 Å². The highest BCUT2D eigenvalue weighted by molar-refractivity contribution is 8.93. The van der Waals surface area contributed by atoms with Crippen LogP contribution in [0.1, 0.15) is 32.5 Å². The van der Waals surface area contributed by atoms with Crippen LogP contribution in [0.4, 0.5) is 0 Å². The number of aromatic nitrogens is 2. The molecule has 3 nitrogen and oxygen atoms in total. The molecule has 1 aliphatic heterocycles. The molecule has 1 aromatic rings. The van der Waals surface area contributed by atoms with Gasteiger partial charge in [0, 0.05) is 25.7 Å². The monoisotopic (exact) mass is 290 g/mol. The van der Waals surface area contributed by atoms with Crippen LogP contribution in [0.2, 0.25) is 5.02 Å². The van der Waals surface area contributed by atoms with Gasteiger partial charge in [-0.3, -0.25) is 0 Å². The summed E-state index contributed by atoms with van der Waals surface area (Å²) in [6.07, 6.45) is 5.32. The van der Waals surface area contributed by atoms with Crippen molar-refractivity contribution in [3.05, 3.63) is 23.2 Å². The predicted molar refractivity (Wildman–Crippen MR) is 64.4 cm³/mol. The van der Waals surface area contributed by atoms with Gasteiger partial charge >= 0.3 is 0 Å². The SMILES string of the molecule is Br.[2H]C1CC2(CNC2c2ncc(Cl)cn2)C1. The lowest BCUT2D eigenvalue weighted by atomic mass is 9.59. The fourth-order valence-corrected chi connectivity index (χ4v) is 2.32. The lowest BCUT2D eigenvalue weighted by molar-refractivity contribution is -0.0100. The third-order valence-corrected chi connectivity index (χ3v) is 3.47. The number of hydrogen-bond acceptors (Lipinski definition) is 3. The molecular weight excluding hydrogens is 277 g/mol. The first-order chi connectivity index (χ1) is 7.20. The molecule has 1 spiro atoms. The Kier molecular flexibility index (Phi) is 2.66. The van der Waals surface area contributed by atoms with E-state index < -0.39 is 0 Å². The van der Waals surface area contributed by atoms with Gasteiger partial charge in [0.15, 0.2) is 0 Å². The molecule has 1 atom stereocenters. The second kappa shape index (κ2) is 4.00. The summed E-state index contributed by atoms with van der Waals surface area (Å²) in [7, 11) is 0. The summed E-state index contributed by atoms with van der Waals surface area (Å²) in [5.41, 5.74) is 0.264. The Morgan fingerprint density at radius 3 is 2.60 bits per heavy atom. The molecule has 15 heavy (non-hydrogen) atoms. The Balaban J connectivity index is 0.000000963. The van der Waals surface area contributed by atoms with Gasteiger partial charge in [-0.25, -0.2) is 9.97 Å². The Morgan fingerprint density at radius 2 is 2.13 bits per heavy atom. The van der Waals surface area contributed by atoms with E-state index in [0.717, 1.165) is 25.2 Å². The van der Waals surface area contributed by atoms with E-state index in [1.807, 2.05) is 0 Å². The Hall–Kier alpha value is -0.190. The third kappa shape index (κ3) is 1.69. The molecule has 2 fully saturated rings. The lowest BCUT2D eigenvalue weighted by Gasteiger charge is -2.55. The fourth-order valence-electron chi connectivity index (χ4n) is 2.22. The van der Waals surface area contributed by atoms with Crippen LogP contribution < -0.4 is 5.32 Å². The van der Waals surface area contributed by atoms with Gasteiger partial charge in [-0.15, -0.1) is 17.0 Å². The Morgan fingerprint density at radius 1 is 1.47 bits per heavy atom. The molecule has 3 rings (SSSR count). The molecule has 2 aliphatic rings. The Labute approximate surface area is 106 Å². The van der Waals surface area contributed by atoms with Crippen LogP contribution in [0.5, 0.6) is 0 Å². The maximum atomic E-state index is 7.60.